The molecular formula is C15H22N2O2S. The van der Waals surface area contributed by atoms with Gasteiger partial charge in [-0.15, -0.1) is 11.8 Å². The summed E-state index contributed by atoms with van der Waals surface area (Å²) in [6.45, 7) is 4.79. The fourth-order valence-corrected chi connectivity index (χ4v) is 3.40. The molecule has 4 nitrogen and oxygen atoms in total. The first-order valence-electron chi connectivity index (χ1n) is 6.84. The summed E-state index contributed by atoms with van der Waals surface area (Å²) >= 11 is 1.76. The number of aryl methyl sites for hydroxylation is 2. The van der Waals surface area contributed by atoms with Gasteiger partial charge >= 0.3 is 0 Å². The van der Waals surface area contributed by atoms with Crippen LogP contribution in [-0.2, 0) is 11.2 Å². The molecular weight excluding hydrogens is 272 g/mol. The molecule has 0 spiro atoms. The zero-order valence-electron chi connectivity index (χ0n) is 12.3. The Morgan fingerprint density at radius 2 is 2.30 bits per heavy atom. The predicted octanol–water partition coefficient (Wildman–Crippen LogP) is 1.63. The lowest BCUT2D eigenvalue weighted by Crippen LogP contribution is -2.42. The summed E-state index contributed by atoms with van der Waals surface area (Å²) < 4.78 is 5.44. The largest absolute Gasteiger partial charge is 0.496 e. The molecule has 2 N–H and O–H groups in total. The van der Waals surface area contributed by atoms with Crippen LogP contribution >= 0.6 is 11.8 Å². The monoisotopic (exact) mass is 294 g/mol. The minimum atomic E-state index is -0.0407. The molecule has 1 saturated heterocycles. The Morgan fingerprint density at radius 3 is 2.95 bits per heavy atom. The van der Waals surface area contributed by atoms with Crippen LogP contribution in [0.3, 0.4) is 0 Å². The van der Waals surface area contributed by atoms with Crippen molar-refractivity contribution in [2.24, 2.45) is 0 Å². The topological polar surface area (TPSA) is 50.4 Å². The van der Waals surface area contributed by atoms with E-state index in [1.165, 1.54) is 16.7 Å². The zero-order valence-corrected chi connectivity index (χ0v) is 13.1. The molecule has 1 aliphatic rings. The number of amides is 1. The Balaban J connectivity index is 1.92. The Labute approximate surface area is 124 Å². The second-order valence-electron chi connectivity index (χ2n) is 5.08. The minimum Gasteiger partial charge on any atom is -0.496 e. The Kier molecular flexibility index (Phi) is 5.31. The average Bonchev–Trinajstić information content (AvgIpc) is 2.94. The molecule has 5 heteroatoms. The summed E-state index contributed by atoms with van der Waals surface area (Å²) in [5, 5.41) is 6.17. The van der Waals surface area contributed by atoms with Crippen LogP contribution in [0.5, 0.6) is 5.75 Å². The van der Waals surface area contributed by atoms with E-state index in [0.29, 0.717) is 6.54 Å². The lowest BCUT2D eigenvalue weighted by molar-refractivity contribution is -0.122. The normalized spacial score (nSPS) is 18.1. The fraction of sp³-hybridized carbons (Fsp3) is 0.533. The number of hydrogen-bond acceptors (Lipinski definition) is 4. The number of rotatable bonds is 5. The van der Waals surface area contributed by atoms with Crippen LogP contribution in [0.2, 0.25) is 0 Å². The number of ether oxygens (including phenoxy) is 1. The molecule has 20 heavy (non-hydrogen) atoms. The summed E-state index contributed by atoms with van der Waals surface area (Å²) in [5.74, 6) is 2.73. The molecule has 1 fully saturated rings. The van der Waals surface area contributed by atoms with Crippen molar-refractivity contribution in [3.8, 4) is 5.75 Å². The molecule has 1 amide bonds. The van der Waals surface area contributed by atoms with Gasteiger partial charge in [-0.2, -0.15) is 0 Å². The number of methoxy groups -OCH3 is 1. The highest BCUT2D eigenvalue weighted by Gasteiger charge is 2.21. The molecule has 0 saturated carbocycles. The summed E-state index contributed by atoms with van der Waals surface area (Å²) in [7, 11) is 1.69. The molecule has 0 radical (unpaired) electrons. The van der Waals surface area contributed by atoms with Gasteiger partial charge in [-0.3, -0.25) is 10.1 Å². The minimum absolute atomic E-state index is 0.0407. The van der Waals surface area contributed by atoms with Gasteiger partial charge in [0.25, 0.3) is 0 Å². The van der Waals surface area contributed by atoms with E-state index < -0.39 is 0 Å². The van der Waals surface area contributed by atoms with Gasteiger partial charge < -0.3 is 10.1 Å². The van der Waals surface area contributed by atoms with Crippen LogP contribution in [0.4, 0.5) is 0 Å². The number of nitrogens with one attached hydrogen (secondary N) is 2. The van der Waals surface area contributed by atoms with Gasteiger partial charge in [-0.25, -0.2) is 0 Å². The molecule has 1 aromatic rings. The predicted molar refractivity (Wildman–Crippen MR) is 83.4 cm³/mol. The quantitative estimate of drug-likeness (QED) is 0.867. The van der Waals surface area contributed by atoms with Crippen molar-refractivity contribution in [2.45, 2.75) is 26.3 Å². The zero-order chi connectivity index (χ0) is 14.5. The van der Waals surface area contributed by atoms with E-state index in [4.69, 9.17) is 4.74 Å². The third-order valence-electron chi connectivity index (χ3n) is 3.50. The summed E-state index contributed by atoms with van der Waals surface area (Å²) in [4.78, 5) is 11.9. The van der Waals surface area contributed by atoms with Gasteiger partial charge in [-0.1, -0.05) is 6.07 Å². The second kappa shape index (κ2) is 6.99. The molecule has 1 heterocycles. The first-order chi connectivity index (χ1) is 9.61. The molecule has 0 aliphatic carbocycles. The van der Waals surface area contributed by atoms with Crippen molar-refractivity contribution in [3.63, 3.8) is 0 Å². The Hall–Kier alpha value is -1.20. The smallest absolute Gasteiger partial charge is 0.238 e. The lowest BCUT2D eigenvalue weighted by atomic mass is 10.0. The summed E-state index contributed by atoms with van der Waals surface area (Å²) in [6, 6.07) is 4.15. The first-order valence-corrected chi connectivity index (χ1v) is 8.00. The lowest BCUT2D eigenvalue weighted by Gasteiger charge is -2.14. The van der Waals surface area contributed by atoms with E-state index >= 15 is 0 Å². The van der Waals surface area contributed by atoms with Gasteiger partial charge in [0.2, 0.25) is 5.91 Å². The maximum Gasteiger partial charge on any atom is 0.238 e. The SMILES string of the molecule is COc1cc(C)cc(C)c1CCNC(=O)C1CSCN1. The Morgan fingerprint density at radius 1 is 1.50 bits per heavy atom. The average molecular weight is 294 g/mol. The summed E-state index contributed by atoms with van der Waals surface area (Å²) in [5.41, 5.74) is 3.58. The van der Waals surface area contributed by atoms with E-state index in [2.05, 4.69) is 30.5 Å². The fourth-order valence-electron chi connectivity index (χ4n) is 2.46. The third-order valence-corrected chi connectivity index (χ3v) is 4.44. The third kappa shape index (κ3) is 3.67. The number of thioether (sulfide) groups is 1. The van der Waals surface area contributed by atoms with Crippen LogP contribution in [0, 0.1) is 13.8 Å². The van der Waals surface area contributed by atoms with E-state index in [1.54, 1.807) is 18.9 Å². The molecule has 1 aliphatic heterocycles. The maximum atomic E-state index is 11.9. The van der Waals surface area contributed by atoms with Crippen molar-refractivity contribution in [1.82, 2.24) is 10.6 Å². The number of carbonyl (C=O) groups is 1. The molecule has 110 valence electrons. The van der Waals surface area contributed by atoms with E-state index in [-0.39, 0.29) is 11.9 Å². The van der Waals surface area contributed by atoms with Crippen LogP contribution in [0.15, 0.2) is 12.1 Å². The van der Waals surface area contributed by atoms with Crippen LogP contribution in [0.25, 0.3) is 0 Å². The molecule has 2 rings (SSSR count). The Bertz CT molecular complexity index is 485. The van der Waals surface area contributed by atoms with Crippen molar-refractivity contribution in [3.05, 3.63) is 28.8 Å². The van der Waals surface area contributed by atoms with Gasteiger partial charge in [0.05, 0.1) is 13.2 Å². The second-order valence-corrected chi connectivity index (χ2v) is 6.11. The van der Waals surface area contributed by atoms with Gasteiger partial charge in [-0.05, 0) is 43.0 Å². The molecule has 1 atom stereocenters. The van der Waals surface area contributed by atoms with E-state index in [1.807, 2.05) is 6.07 Å². The van der Waals surface area contributed by atoms with Gasteiger partial charge in [0, 0.05) is 18.2 Å². The first kappa shape index (κ1) is 15.2. The maximum absolute atomic E-state index is 11.9. The standard InChI is InChI=1S/C15H22N2O2S/c1-10-6-11(2)12(14(7-10)19-3)4-5-16-15(18)13-8-20-9-17-13/h6-7,13,17H,4-5,8-9H2,1-3H3,(H,16,18). The highest BCUT2D eigenvalue weighted by Crippen LogP contribution is 2.24. The van der Waals surface area contributed by atoms with Crippen molar-refractivity contribution in [2.75, 3.05) is 25.3 Å². The molecule has 1 aromatic carbocycles. The molecule has 0 bridgehead atoms. The number of hydrogen-bond donors (Lipinski definition) is 2. The van der Waals surface area contributed by atoms with Crippen molar-refractivity contribution >= 4 is 17.7 Å². The van der Waals surface area contributed by atoms with E-state index in [9.17, 15) is 4.79 Å². The number of benzene rings is 1. The molecule has 1 unspecified atom stereocenters. The highest BCUT2D eigenvalue weighted by atomic mass is 32.2. The number of carbonyl (C=O) groups excluding carboxylic acids is 1. The highest BCUT2D eigenvalue weighted by molar-refractivity contribution is 7.99. The van der Waals surface area contributed by atoms with Crippen LogP contribution < -0.4 is 15.4 Å². The molecule has 0 aromatic heterocycles. The van der Waals surface area contributed by atoms with Crippen molar-refractivity contribution < 1.29 is 9.53 Å². The van der Waals surface area contributed by atoms with Gasteiger partial charge in [0.1, 0.15) is 5.75 Å². The summed E-state index contributed by atoms with van der Waals surface area (Å²) in [6.07, 6.45) is 0.793. The van der Waals surface area contributed by atoms with Crippen molar-refractivity contribution in [1.29, 1.82) is 0 Å². The van der Waals surface area contributed by atoms with Crippen LogP contribution in [-0.4, -0.2) is 37.2 Å². The van der Waals surface area contributed by atoms with Gasteiger partial charge in [0.15, 0.2) is 0 Å². The van der Waals surface area contributed by atoms with E-state index in [0.717, 1.165) is 23.8 Å². The van der Waals surface area contributed by atoms with Crippen LogP contribution in [0.1, 0.15) is 16.7 Å².